The van der Waals surface area contributed by atoms with Gasteiger partial charge in [0.2, 0.25) is 5.91 Å². The van der Waals surface area contributed by atoms with Gasteiger partial charge in [-0.15, -0.1) is 0 Å². The zero-order valence-corrected chi connectivity index (χ0v) is 11.8. The Bertz CT molecular complexity index is 481. The van der Waals surface area contributed by atoms with Crippen molar-refractivity contribution in [2.24, 2.45) is 0 Å². The van der Waals surface area contributed by atoms with Gasteiger partial charge in [0.15, 0.2) is 0 Å². The van der Waals surface area contributed by atoms with Crippen molar-refractivity contribution in [3.05, 3.63) is 29.6 Å². The minimum absolute atomic E-state index is 0.0499. The first kappa shape index (κ1) is 14.7. The number of hydrogen-bond donors (Lipinski definition) is 2. The minimum Gasteiger partial charge on any atom is -0.497 e. The maximum Gasteiger partial charge on any atom is 0.238 e. The van der Waals surface area contributed by atoms with E-state index in [1.165, 1.54) is 13.2 Å². The van der Waals surface area contributed by atoms with E-state index in [1.807, 2.05) is 4.90 Å². The second kappa shape index (κ2) is 6.67. The molecular weight excluding hydrogens is 261 g/mol. The summed E-state index contributed by atoms with van der Waals surface area (Å²) < 4.78 is 19.0. The Kier molecular flexibility index (Phi) is 4.92. The fraction of sp³-hybridized carbons (Fsp3) is 0.500. The van der Waals surface area contributed by atoms with Crippen molar-refractivity contribution in [1.82, 2.24) is 15.5 Å². The van der Waals surface area contributed by atoms with Crippen LogP contribution in [0.1, 0.15) is 5.56 Å². The predicted octanol–water partition coefficient (Wildman–Crippen LogP) is 0.354. The predicted molar refractivity (Wildman–Crippen MR) is 74.1 cm³/mol. The maximum atomic E-state index is 14.0. The average Bonchev–Trinajstić information content (AvgIpc) is 2.49. The molecule has 1 amide bonds. The summed E-state index contributed by atoms with van der Waals surface area (Å²) in [5.74, 6) is 0.138. The Hall–Kier alpha value is -1.66. The Morgan fingerprint density at radius 1 is 1.60 bits per heavy atom. The molecule has 1 aliphatic heterocycles. The van der Waals surface area contributed by atoms with Crippen LogP contribution in [0.25, 0.3) is 0 Å². The van der Waals surface area contributed by atoms with Crippen molar-refractivity contribution < 1.29 is 13.9 Å². The van der Waals surface area contributed by atoms with E-state index in [-0.39, 0.29) is 17.8 Å². The lowest BCUT2D eigenvalue weighted by Gasteiger charge is -2.34. The molecule has 0 aromatic heterocycles. The third-order valence-electron chi connectivity index (χ3n) is 3.54. The molecule has 5 nitrogen and oxygen atoms in total. The third-order valence-corrected chi connectivity index (χ3v) is 3.54. The summed E-state index contributed by atoms with van der Waals surface area (Å²) in [5.41, 5.74) is 0.571. The maximum absolute atomic E-state index is 14.0. The molecule has 0 saturated carbocycles. The van der Waals surface area contributed by atoms with E-state index >= 15 is 0 Å². The number of halogens is 1. The molecule has 1 heterocycles. The van der Waals surface area contributed by atoms with Crippen molar-refractivity contribution >= 4 is 5.91 Å². The molecule has 1 aromatic rings. The molecule has 110 valence electrons. The van der Waals surface area contributed by atoms with Crippen LogP contribution in [-0.2, 0) is 11.3 Å². The highest BCUT2D eigenvalue weighted by Gasteiger charge is 2.28. The molecule has 1 aromatic carbocycles. The lowest BCUT2D eigenvalue weighted by Crippen LogP contribution is -2.56. The highest BCUT2D eigenvalue weighted by molar-refractivity contribution is 5.81. The number of nitrogens with one attached hydrogen (secondary N) is 2. The van der Waals surface area contributed by atoms with Crippen LogP contribution in [0.15, 0.2) is 18.2 Å². The summed E-state index contributed by atoms with van der Waals surface area (Å²) in [5, 5.41) is 5.83. The number of rotatable bonds is 4. The van der Waals surface area contributed by atoms with Gasteiger partial charge in [-0.1, -0.05) is 6.07 Å². The van der Waals surface area contributed by atoms with Gasteiger partial charge in [0.05, 0.1) is 7.11 Å². The Morgan fingerprint density at radius 2 is 2.40 bits per heavy atom. The van der Waals surface area contributed by atoms with Crippen LogP contribution in [-0.4, -0.2) is 50.6 Å². The van der Waals surface area contributed by atoms with E-state index in [0.29, 0.717) is 30.9 Å². The van der Waals surface area contributed by atoms with Crippen LogP contribution in [0.3, 0.4) is 0 Å². The van der Waals surface area contributed by atoms with Crippen LogP contribution in [0, 0.1) is 5.82 Å². The van der Waals surface area contributed by atoms with Gasteiger partial charge in [-0.2, -0.15) is 0 Å². The Balaban J connectivity index is 2.12. The third kappa shape index (κ3) is 3.26. The fourth-order valence-electron chi connectivity index (χ4n) is 2.36. The van der Waals surface area contributed by atoms with Gasteiger partial charge in [-0.25, -0.2) is 4.39 Å². The van der Waals surface area contributed by atoms with Gasteiger partial charge in [0, 0.05) is 44.9 Å². The molecule has 1 atom stereocenters. The first-order chi connectivity index (χ1) is 9.65. The quantitative estimate of drug-likeness (QED) is 0.836. The summed E-state index contributed by atoms with van der Waals surface area (Å²) >= 11 is 0. The summed E-state index contributed by atoms with van der Waals surface area (Å²) in [6, 6.07) is 4.54. The number of methoxy groups -OCH3 is 1. The molecule has 0 spiro atoms. The molecule has 20 heavy (non-hydrogen) atoms. The van der Waals surface area contributed by atoms with Crippen molar-refractivity contribution in [3.8, 4) is 5.75 Å². The van der Waals surface area contributed by atoms with E-state index in [2.05, 4.69) is 10.6 Å². The normalized spacial score (nSPS) is 19.6. The standard InChI is InChI=1S/C14H20FN3O2/c1-16-14(19)13-8-17-5-6-18(13)9-10-3-4-11(20-2)7-12(10)15/h3-4,7,13,17H,5-6,8-9H2,1-2H3,(H,16,19). The van der Waals surface area contributed by atoms with Gasteiger partial charge in [0.1, 0.15) is 17.6 Å². The molecule has 1 saturated heterocycles. The molecule has 0 bridgehead atoms. The molecule has 6 heteroatoms. The fourth-order valence-corrected chi connectivity index (χ4v) is 2.36. The number of carbonyl (C=O) groups is 1. The zero-order valence-electron chi connectivity index (χ0n) is 11.8. The largest absolute Gasteiger partial charge is 0.497 e. The molecule has 2 rings (SSSR count). The second-order valence-electron chi connectivity index (χ2n) is 4.76. The van der Waals surface area contributed by atoms with Gasteiger partial charge in [-0.3, -0.25) is 9.69 Å². The molecule has 1 aliphatic rings. The lowest BCUT2D eigenvalue weighted by molar-refractivity contribution is -0.126. The molecular formula is C14H20FN3O2. The van der Waals surface area contributed by atoms with Crippen LogP contribution < -0.4 is 15.4 Å². The van der Waals surface area contributed by atoms with E-state index in [0.717, 1.165) is 6.54 Å². The summed E-state index contributed by atoms with van der Waals surface area (Å²) in [6.45, 7) is 2.50. The highest BCUT2D eigenvalue weighted by atomic mass is 19.1. The molecule has 2 N–H and O–H groups in total. The van der Waals surface area contributed by atoms with Gasteiger partial charge >= 0.3 is 0 Å². The topological polar surface area (TPSA) is 53.6 Å². The van der Waals surface area contributed by atoms with Crippen molar-refractivity contribution in [1.29, 1.82) is 0 Å². The number of ether oxygens (including phenoxy) is 1. The number of carbonyl (C=O) groups excluding carboxylic acids is 1. The highest BCUT2D eigenvalue weighted by Crippen LogP contribution is 2.19. The number of benzene rings is 1. The molecule has 0 aliphatic carbocycles. The van der Waals surface area contributed by atoms with Crippen LogP contribution in [0.2, 0.25) is 0 Å². The Labute approximate surface area is 118 Å². The van der Waals surface area contributed by atoms with Crippen LogP contribution in [0.4, 0.5) is 4.39 Å². The molecule has 1 fully saturated rings. The molecule has 0 radical (unpaired) electrons. The molecule has 1 unspecified atom stereocenters. The second-order valence-corrected chi connectivity index (χ2v) is 4.76. The SMILES string of the molecule is CNC(=O)C1CNCCN1Cc1ccc(OC)cc1F. The first-order valence-corrected chi connectivity index (χ1v) is 6.64. The van der Waals surface area contributed by atoms with Crippen molar-refractivity contribution in [2.45, 2.75) is 12.6 Å². The van der Waals surface area contributed by atoms with Crippen LogP contribution in [0.5, 0.6) is 5.75 Å². The Morgan fingerprint density at radius 3 is 3.05 bits per heavy atom. The number of hydrogen-bond acceptors (Lipinski definition) is 4. The number of likely N-dealkylation sites (N-methyl/N-ethyl adjacent to an activating group) is 1. The van der Waals surface area contributed by atoms with Crippen molar-refractivity contribution in [3.63, 3.8) is 0 Å². The first-order valence-electron chi connectivity index (χ1n) is 6.64. The zero-order chi connectivity index (χ0) is 14.5. The summed E-state index contributed by atoms with van der Waals surface area (Å²) in [7, 11) is 3.12. The van der Waals surface area contributed by atoms with E-state index in [9.17, 15) is 9.18 Å². The van der Waals surface area contributed by atoms with Gasteiger partial charge in [0.25, 0.3) is 0 Å². The number of nitrogens with zero attached hydrogens (tertiary/aromatic N) is 1. The van der Waals surface area contributed by atoms with E-state index in [4.69, 9.17) is 4.74 Å². The lowest BCUT2D eigenvalue weighted by atomic mass is 10.1. The minimum atomic E-state index is -0.307. The van der Waals surface area contributed by atoms with E-state index < -0.39 is 0 Å². The monoisotopic (exact) mass is 281 g/mol. The van der Waals surface area contributed by atoms with Gasteiger partial charge in [-0.05, 0) is 6.07 Å². The van der Waals surface area contributed by atoms with E-state index in [1.54, 1.807) is 19.2 Å². The number of amides is 1. The summed E-state index contributed by atoms with van der Waals surface area (Å²) in [6.07, 6.45) is 0. The summed E-state index contributed by atoms with van der Waals surface area (Å²) in [4.78, 5) is 13.8. The smallest absolute Gasteiger partial charge is 0.238 e. The van der Waals surface area contributed by atoms with Crippen molar-refractivity contribution in [2.75, 3.05) is 33.8 Å². The van der Waals surface area contributed by atoms with Crippen LogP contribution >= 0.6 is 0 Å². The average molecular weight is 281 g/mol. The number of piperazine rings is 1. The van der Waals surface area contributed by atoms with Gasteiger partial charge < -0.3 is 15.4 Å².